The van der Waals surface area contributed by atoms with Crippen LogP contribution in [-0.4, -0.2) is 21.3 Å². The Labute approximate surface area is 73.5 Å². The molecule has 0 aromatic heterocycles. The number of aliphatic hydroxyl groups excluding tert-OH is 1. The molecule has 0 aliphatic carbocycles. The highest BCUT2D eigenvalue weighted by Gasteiger charge is 2.10. The number of benzene rings is 1. The molecule has 0 spiro atoms. The van der Waals surface area contributed by atoms with E-state index < -0.39 is 17.8 Å². The minimum atomic E-state index is -1.80. The number of phenols is 2. The second kappa shape index (κ2) is 3.32. The van der Waals surface area contributed by atoms with Crippen LogP contribution < -0.4 is 5.11 Å². The first-order chi connectivity index (χ1) is 6.02. The van der Waals surface area contributed by atoms with Gasteiger partial charge in [0, 0.05) is 0 Å². The molecule has 1 aromatic rings. The van der Waals surface area contributed by atoms with Crippen molar-refractivity contribution in [1.29, 1.82) is 0 Å². The minimum absolute atomic E-state index is 0.0460. The van der Waals surface area contributed by atoms with Crippen LogP contribution in [0.25, 0.3) is 0 Å². The molecule has 0 aliphatic heterocycles. The SMILES string of the molecule is O=C([O-])[C@H](O)c1ccc(O)c(O)c1. The highest BCUT2D eigenvalue weighted by atomic mass is 16.4. The first-order valence-corrected chi connectivity index (χ1v) is 3.43. The Kier molecular flexibility index (Phi) is 2.39. The lowest BCUT2D eigenvalue weighted by molar-refractivity contribution is -0.315. The Morgan fingerprint density at radius 1 is 1.31 bits per heavy atom. The number of aliphatic hydroxyl groups is 1. The molecule has 0 heterocycles. The first-order valence-electron chi connectivity index (χ1n) is 3.43. The summed E-state index contributed by atoms with van der Waals surface area (Å²) >= 11 is 0. The number of carbonyl (C=O) groups is 1. The summed E-state index contributed by atoms with van der Waals surface area (Å²) in [6, 6.07) is 3.21. The number of rotatable bonds is 2. The zero-order valence-electron chi connectivity index (χ0n) is 6.47. The summed E-state index contributed by atoms with van der Waals surface area (Å²) in [5, 5.41) is 37.0. The van der Waals surface area contributed by atoms with Crippen molar-refractivity contribution in [2.75, 3.05) is 0 Å². The summed E-state index contributed by atoms with van der Waals surface area (Å²) in [5.74, 6) is -2.53. The predicted octanol–water partition coefficient (Wildman–Crippen LogP) is -1.12. The van der Waals surface area contributed by atoms with E-state index in [4.69, 9.17) is 15.3 Å². The van der Waals surface area contributed by atoms with Gasteiger partial charge in [-0.2, -0.15) is 0 Å². The van der Waals surface area contributed by atoms with E-state index in [2.05, 4.69) is 0 Å². The molecule has 0 saturated heterocycles. The maximum Gasteiger partial charge on any atom is 0.157 e. The van der Waals surface area contributed by atoms with E-state index in [1.165, 1.54) is 6.07 Å². The molecule has 0 fully saturated rings. The molecular weight excluding hydrogens is 176 g/mol. The third-order valence-electron chi connectivity index (χ3n) is 1.54. The number of phenolic OH excluding ortho intramolecular Hbond substituents is 2. The predicted molar refractivity (Wildman–Crippen MR) is 39.7 cm³/mol. The highest BCUT2D eigenvalue weighted by Crippen LogP contribution is 2.27. The molecule has 1 atom stereocenters. The van der Waals surface area contributed by atoms with E-state index in [0.29, 0.717) is 0 Å². The van der Waals surface area contributed by atoms with Crippen molar-refractivity contribution in [3.05, 3.63) is 23.8 Å². The fourth-order valence-electron chi connectivity index (χ4n) is 0.847. The largest absolute Gasteiger partial charge is 0.547 e. The molecule has 5 heteroatoms. The van der Waals surface area contributed by atoms with E-state index in [9.17, 15) is 9.90 Å². The van der Waals surface area contributed by atoms with E-state index in [1.54, 1.807) is 0 Å². The monoisotopic (exact) mass is 183 g/mol. The van der Waals surface area contributed by atoms with E-state index in [0.717, 1.165) is 12.1 Å². The van der Waals surface area contributed by atoms with E-state index >= 15 is 0 Å². The van der Waals surface area contributed by atoms with Crippen LogP contribution in [0.3, 0.4) is 0 Å². The molecule has 0 aliphatic rings. The topological polar surface area (TPSA) is 101 Å². The Hall–Kier alpha value is -1.75. The Morgan fingerprint density at radius 3 is 2.38 bits per heavy atom. The molecular formula is C8H7O5-. The number of hydrogen-bond donors (Lipinski definition) is 3. The Balaban J connectivity index is 3.03. The van der Waals surface area contributed by atoms with Crippen LogP contribution in [0.4, 0.5) is 0 Å². The Bertz CT molecular complexity index is 333. The average molecular weight is 183 g/mol. The lowest BCUT2D eigenvalue weighted by atomic mass is 10.1. The molecule has 0 radical (unpaired) electrons. The van der Waals surface area contributed by atoms with Crippen molar-refractivity contribution < 1.29 is 25.2 Å². The average Bonchev–Trinajstić information content (AvgIpc) is 2.08. The van der Waals surface area contributed by atoms with Gasteiger partial charge in [0.1, 0.15) is 6.10 Å². The number of aliphatic carboxylic acids is 1. The van der Waals surface area contributed by atoms with Crippen LogP contribution in [-0.2, 0) is 4.79 Å². The Morgan fingerprint density at radius 2 is 1.92 bits per heavy atom. The summed E-state index contributed by atoms with van der Waals surface area (Å²) in [6.07, 6.45) is -1.80. The van der Waals surface area contributed by atoms with Crippen molar-refractivity contribution in [2.45, 2.75) is 6.10 Å². The van der Waals surface area contributed by atoms with E-state index in [1.807, 2.05) is 0 Å². The normalized spacial score (nSPS) is 12.4. The lowest BCUT2D eigenvalue weighted by Gasteiger charge is -2.11. The number of carboxylic acid groups (broad SMARTS) is 1. The van der Waals surface area contributed by atoms with Crippen molar-refractivity contribution in [3.8, 4) is 11.5 Å². The molecule has 1 aromatic carbocycles. The second-order valence-electron chi connectivity index (χ2n) is 2.47. The number of carboxylic acids is 1. The van der Waals surface area contributed by atoms with Gasteiger partial charge in [0.05, 0.1) is 5.97 Å². The summed E-state index contributed by atoms with van der Waals surface area (Å²) < 4.78 is 0. The molecule has 0 amide bonds. The van der Waals surface area contributed by atoms with Crippen molar-refractivity contribution in [1.82, 2.24) is 0 Å². The van der Waals surface area contributed by atoms with Gasteiger partial charge in [-0.1, -0.05) is 6.07 Å². The van der Waals surface area contributed by atoms with Gasteiger partial charge in [-0.25, -0.2) is 0 Å². The molecule has 3 N–H and O–H groups in total. The van der Waals surface area contributed by atoms with Crippen LogP contribution in [0, 0.1) is 0 Å². The quantitative estimate of drug-likeness (QED) is 0.504. The summed E-state index contributed by atoms with van der Waals surface area (Å²) in [5.41, 5.74) is -0.0460. The molecule has 70 valence electrons. The third kappa shape index (κ3) is 1.88. The maximum absolute atomic E-state index is 10.2. The smallest absolute Gasteiger partial charge is 0.157 e. The fraction of sp³-hybridized carbons (Fsp3) is 0.125. The standard InChI is InChI=1S/C8H8O5/c9-5-2-1-4(3-6(5)10)7(11)8(12)13/h1-3,7,9-11H,(H,12,13)/p-1/t7-/m1/s1. The number of hydrogen-bond acceptors (Lipinski definition) is 5. The molecule has 0 unspecified atom stereocenters. The summed E-state index contributed by atoms with van der Waals surface area (Å²) in [6.45, 7) is 0. The van der Waals surface area contributed by atoms with Crippen LogP contribution in [0.15, 0.2) is 18.2 Å². The van der Waals surface area contributed by atoms with Gasteiger partial charge in [0.15, 0.2) is 11.5 Å². The highest BCUT2D eigenvalue weighted by molar-refractivity contribution is 5.72. The molecule has 0 bridgehead atoms. The third-order valence-corrected chi connectivity index (χ3v) is 1.54. The molecule has 0 saturated carbocycles. The van der Waals surface area contributed by atoms with Crippen LogP contribution in [0.5, 0.6) is 11.5 Å². The molecule has 13 heavy (non-hydrogen) atoms. The number of aromatic hydroxyl groups is 2. The van der Waals surface area contributed by atoms with Gasteiger partial charge in [0.25, 0.3) is 0 Å². The van der Waals surface area contributed by atoms with Gasteiger partial charge in [-0.05, 0) is 17.7 Å². The number of carbonyl (C=O) groups excluding carboxylic acids is 1. The zero-order chi connectivity index (χ0) is 10.0. The van der Waals surface area contributed by atoms with Crippen molar-refractivity contribution in [3.63, 3.8) is 0 Å². The van der Waals surface area contributed by atoms with Gasteiger partial charge in [-0.3, -0.25) is 0 Å². The van der Waals surface area contributed by atoms with Crippen LogP contribution in [0.1, 0.15) is 11.7 Å². The maximum atomic E-state index is 10.2. The zero-order valence-corrected chi connectivity index (χ0v) is 6.47. The fourth-order valence-corrected chi connectivity index (χ4v) is 0.847. The lowest BCUT2D eigenvalue weighted by Crippen LogP contribution is -2.29. The van der Waals surface area contributed by atoms with Crippen LogP contribution in [0.2, 0.25) is 0 Å². The van der Waals surface area contributed by atoms with Crippen LogP contribution >= 0.6 is 0 Å². The summed E-state index contributed by atoms with van der Waals surface area (Å²) in [4.78, 5) is 10.2. The van der Waals surface area contributed by atoms with Crippen molar-refractivity contribution >= 4 is 5.97 Å². The molecule has 1 rings (SSSR count). The minimum Gasteiger partial charge on any atom is -0.547 e. The second-order valence-corrected chi connectivity index (χ2v) is 2.47. The van der Waals surface area contributed by atoms with Gasteiger partial charge in [0.2, 0.25) is 0 Å². The van der Waals surface area contributed by atoms with Gasteiger partial charge >= 0.3 is 0 Å². The molecule has 5 nitrogen and oxygen atoms in total. The van der Waals surface area contributed by atoms with E-state index in [-0.39, 0.29) is 11.3 Å². The van der Waals surface area contributed by atoms with Crippen molar-refractivity contribution in [2.24, 2.45) is 0 Å². The van der Waals surface area contributed by atoms with Gasteiger partial charge < -0.3 is 25.2 Å². The summed E-state index contributed by atoms with van der Waals surface area (Å²) in [7, 11) is 0. The first kappa shape index (κ1) is 9.34. The van der Waals surface area contributed by atoms with Gasteiger partial charge in [-0.15, -0.1) is 0 Å².